The van der Waals surface area contributed by atoms with Crippen LogP contribution in [0.3, 0.4) is 0 Å². The molecule has 0 saturated carbocycles. The van der Waals surface area contributed by atoms with Crippen molar-refractivity contribution in [3.8, 4) is 0 Å². The van der Waals surface area contributed by atoms with Crippen molar-refractivity contribution < 1.29 is 18.0 Å². The van der Waals surface area contributed by atoms with Crippen molar-refractivity contribution in [1.29, 1.82) is 0 Å². The minimum Gasteiger partial charge on any atom is -0.338 e. The van der Waals surface area contributed by atoms with Gasteiger partial charge < -0.3 is 9.80 Å². The van der Waals surface area contributed by atoms with E-state index in [9.17, 15) is 18.0 Å². The van der Waals surface area contributed by atoms with Crippen molar-refractivity contribution in [3.05, 3.63) is 17.0 Å². The average Bonchev–Trinajstić information content (AvgIpc) is 2.91. The number of alkyl halides is 3. The third-order valence-corrected chi connectivity index (χ3v) is 5.82. The van der Waals surface area contributed by atoms with Gasteiger partial charge in [0.05, 0.1) is 11.6 Å². The summed E-state index contributed by atoms with van der Waals surface area (Å²) in [5.74, 6) is 0.0462. The maximum Gasteiger partial charge on any atom is 0.435 e. The largest absolute Gasteiger partial charge is 0.435 e. The van der Waals surface area contributed by atoms with Crippen molar-refractivity contribution in [3.63, 3.8) is 0 Å². The number of piperidine rings is 2. The van der Waals surface area contributed by atoms with E-state index < -0.39 is 17.8 Å². The minimum absolute atomic E-state index is 0.0944. The number of hydrogen-bond acceptors (Lipinski definition) is 3. The van der Waals surface area contributed by atoms with Gasteiger partial charge in [-0.25, -0.2) is 0 Å². The summed E-state index contributed by atoms with van der Waals surface area (Å²) in [7, 11) is 2.00. The average molecular weight is 386 g/mol. The van der Waals surface area contributed by atoms with Gasteiger partial charge in [-0.1, -0.05) is 13.8 Å². The van der Waals surface area contributed by atoms with Gasteiger partial charge in [-0.15, -0.1) is 0 Å². The maximum atomic E-state index is 13.7. The van der Waals surface area contributed by atoms with Crippen LogP contribution in [0.2, 0.25) is 0 Å². The van der Waals surface area contributed by atoms with E-state index >= 15 is 0 Å². The third kappa shape index (κ3) is 4.15. The number of carbonyl (C=O) groups excluding carboxylic acids is 1. The molecule has 0 aliphatic carbocycles. The van der Waals surface area contributed by atoms with Gasteiger partial charge in [0.15, 0.2) is 5.69 Å². The number of amides is 1. The van der Waals surface area contributed by atoms with Crippen LogP contribution in [0.15, 0.2) is 0 Å². The number of likely N-dealkylation sites (tertiary alicyclic amines) is 2. The van der Waals surface area contributed by atoms with Crippen LogP contribution in [0.4, 0.5) is 13.2 Å². The molecule has 0 aromatic carbocycles. The van der Waals surface area contributed by atoms with E-state index in [4.69, 9.17) is 0 Å². The molecule has 3 rings (SSSR count). The quantitative estimate of drug-likeness (QED) is 0.780. The summed E-state index contributed by atoms with van der Waals surface area (Å²) in [6, 6.07) is -0.0944. The van der Waals surface area contributed by atoms with E-state index in [1.54, 1.807) is 11.8 Å². The molecule has 2 aliphatic heterocycles. The first-order valence-corrected chi connectivity index (χ1v) is 9.72. The smallest absolute Gasteiger partial charge is 0.338 e. The molecule has 2 atom stereocenters. The van der Waals surface area contributed by atoms with Crippen molar-refractivity contribution in [2.45, 2.75) is 52.3 Å². The number of halogens is 3. The molecule has 27 heavy (non-hydrogen) atoms. The highest BCUT2D eigenvalue weighted by Crippen LogP contribution is 2.36. The second kappa shape index (κ2) is 7.45. The number of rotatable bonds is 2. The number of hydrogen-bond donors (Lipinski definition) is 0. The van der Waals surface area contributed by atoms with E-state index in [1.807, 2.05) is 20.9 Å². The maximum absolute atomic E-state index is 13.7. The fourth-order valence-electron chi connectivity index (χ4n) is 4.56. The Kier molecular flexibility index (Phi) is 5.57. The summed E-state index contributed by atoms with van der Waals surface area (Å²) in [6.07, 6.45) is -2.17. The topological polar surface area (TPSA) is 41.4 Å². The van der Waals surface area contributed by atoms with Crippen LogP contribution in [0.1, 0.15) is 60.9 Å². The highest BCUT2D eigenvalue weighted by atomic mass is 19.4. The molecule has 152 valence electrons. The predicted octanol–water partition coefficient (Wildman–Crippen LogP) is 3.60. The van der Waals surface area contributed by atoms with Crippen LogP contribution in [-0.4, -0.2) is 58.7 Å². The molecule has 2 aliphatic rings. The molecule has 0 N–H and O–H groups in total. The van der Waals surface area contributed by atoms with Gasteiger partial charge in [0.1, 0.15) is 0 Å². The van der Waals surface area contributed by atoms with Crippen LogP contribution < -0.4 is 0 Å². The first-order valence-electron chi connectivity index (χ1n) is 9.72. The van der Waals surface area contributed by atoms with Crippen molar-refractivity contribution >= 4 is 5.91 Å². The number of nitrogens with zero attached hydrogens (tertiary/aromatic N) is 4. The molecule has 0 unspecified atom stereocenters. The summed E-state index contributed by atoms with van der Waals surface area (Å²) in [5, 5.41) is 3.91. The van der Waals surface area contributed by atoms with Crippen molar-refractivity contribution in [1.82, 2.24) is 19.6 Å². The Labute approximate surface area is 158 Å². The summed E-state index contributed by atoms with van der Waals surface area (Å²) >= 11 is 0. The standard InChI is InChI=1S/C19H29F3N4O/c1-12-9-13(2)11-25(10-12)18(27)16-14(3)26(23-17(16)19(20,21)22)15-5-7-24(4)8-6-15/h12-13,15H,5-11H2,1-4H3/t12-,13-/m0/s1. The predicted molar refractivity (Wildman–Crippen MR) is 96.6 cm³/mol. The summed E-state index contributed by atoms with van der Waals surface area (Å²) in [6.45, 7) is 8.31. The second-order valence-corrected chi connectivity index (χ2v) is 8.44. The summed E-state index contributed by atoms with van der Waals surface area (Å²) in [4.78, 5) is 16.8. The normalized spacial score (nSPS) is 25.8. The molecular formula is C19H29F3N4O. The highest BCUT2D eigenvalue weighted by molar-refractivity contribution is 5.96. The highest BCUT2D eigenvalue weighted by Gasteiger charge is 2.43. The first-order chi connectivity index (χ1) is 12.6. The molecule has 0 radical (unpaired) electrons. The summed E-state index contributed by atoms with van der Waals surface area (Å²) in [5.41, 5.74) is -0.953. The first kappa shape index (κ1) is 20.2. The zero-order valence-electron chi connectivity index (χ0n) is 16.5. The molecular weight excluding hydrogens is 357 g/mol. The van der Waals surface area contributed by atoms with Crippen molar-refractivity contribution in [2.24, 2.45) is 11.8 Å². The fourth-order valence-corrected chi connectivity index (χ4v) is 4.56. The Morgan fingerprint density at radius 2 is 1.67 bits per heavy atom. The molecule has 2 saturated heterocycles. The van der Waals surface area contributed by atoms with Crippen LogP contribution in [0, 0.1) is 18.8 Å². The Morgan fingerprint density at radius 3 is 2.19 bits per heavy atom. The lowest BCUT2D eigenvalue weighted by atomic mass is 9.91. The second-order valence-electron chi connectivity index (χ2n) is 8.44. The Morgan fingerprint density at radius 1 is 1.11 bits per heavy atom. The van der Waals surface area contributed by atoms with Crippen LogP contribution in [-0.2, 0) is 6.18 Å². The Balaban J connectivity index is 1.96. The monoisotopic (exact) mass is 386 g/mol. The molecule has 1 amide bonds. The zero-order chi connectivity index (χ0) is 19.9. The third-order valence-electron chi connectivity index (χ3n) is 5.82. The van der Waals surface area contributed by atoms with E-state index in [0.717, 1.165) is 32.4 Å². The van der Waals surface area contributed by atoms with Crippen LogP contribution in [0.5, 0.6) is 0 Å². The fraction of sp³-hybridized carbons (Fsp3) is 0.789. The molecule has 8 heteroatoms. The lowest BCUT2D eigenvalue weighted by Gasteiger charge is -2.35. The zero-order valence-corrected chi connectivity index (χ0v) is 16.5. The minimum atomic E-state index is -4.64. The SMILES string of the molecule is Cc1c(C(=O)N2C[C@@H](C)C[C@H](C)C2)c(C(F)(F)F)nn1C1CCN(C)CC1. The van der Waals surface area contributed by atoms with E-state index in [0.29, 0.717) is 18.8 Å². The van der Waals surface area contributed by atoms with Crippen molar-refractivity contribution in [2.75, 3.05) is 33.2 Å². The van der Waals surface area contributed by atoms with E-state index in [1.165, 1.54) is 4.68 Å². The van der Waals surface area contributed by atoms with E-state index in [-0.39, 0.29) is 23.4 Å². The molecule has 1 aromatic heterocycles. The van der Waals surface area contributed by atoms with Gasteiger partial charge in [-0.2, -0.15) is 18.3 Å². The number of aromatic nitrogens is 2. The van der Waals surface area contributed by atoms with Crippen LogP contribution >= 0.6 is 0 Å². The lowest BCUT2D eigenvalue weighted by molar-refractivity contribution is -0.142. The number of carbonyl (C=O) groups is 1. The van der Waals surface area contributed by atoms with Crippen LogP contribution in [0.25, 0.3) is 0 Å². The van der Waals surface area contributed by atoms with Gasteiger partial charge in [-0.3, -0.25) is 9.48 Å². The molecule has 2 fully saturated rings. The molecule has 0 bridgehead atoms. The Bertz CT molecular complexity index is 682. The van der Waals surface area contributed by atoms with Gasteiger partial charge >= 0.3 is 6.18 Å². The molecule has 3 heterocycles. The lowest BCUT2D eigenvalue weighted by Crippen LogP contribution is -2.43. The Hall–Kier alpha value is -1.57. The summed E-state index contributed by atoms with van der Waals surface area (Å²) < 4.78 is 42.5. The molecule has 0 spiro atoms. The van der Waals surface area contributed by atoms with Gasteiger partial charge in [-0.05, 0) is 58.2 Å². The van der Waals surface area contributed by atoms with Gasteiger partial charge in [0.2, 0.25) is 0 Å². The van der Waals surface area contributed by atoms with Gasteiger partial charge in [0.25, 0.3) is 5.91 Å². The molecule has 5 nitrogen and oxygen atoms in total. The van der Waals surface area contributed by atoms with Gasteiger partial charge in [0, 0.05) is 18.8 Å². The molecule has 1 aromatic rings. The van der Waals surface area contributed by atoms with E-state index in [2.05, 4.69) is 10.00 Å².